The minimum absolute atomic E-state index is 0.0482. The molecule has 4 nitrogen and oxygen atoms in total. The van der Waals surface area contributed by atoms with Gasteiger partial charge in [0.1, 0.15) is 17.9 Å². The maximum absolute atomic E-state index is 12.6. The van der Waals surface area contributed by atoms with Gasteiger partial charge in [0.05, 0.1) is 7.11 Å². The molecule has 0 fully saturated rings. The molecule has 1 amide bonds. The molecule has 0 saturated carbocycles. The molecule has 112 valence electrons. The summed E-state index contributed by atoms with van der Waals surface area (Å²) in [6.07, 6.45) is -4.48. The number of nitrogen functional groups attached to an aromatic ring is 1. The van der Waals surface area contributed by atoms with Crippen LogP contribution in [-0.4, -0.2) is 36.7 Å². The van der Waals surface area contributed by atoms with Gasteiger partial charge >= 0.3 is 6.18 Å². The van der Waals surface area contributed by atoms with Gasteiger partial charge in [-0.25, -0.2) is 0 Å². The second-order valence-electron chi connectivity index (χ2n) is 4.57. The summed E-state index contributed by atoms with van der Waals surface area (Å²) >= 11 is 0. The van der Waals surface area contributed by atoms with Crippen LogP contribution in [0.25, 0.3) is 0 Å². The van der Waals surface area contributed by atoms with Gasteiger partial charge in [0.15, 0.2) is 0 Å². The van der Waals surface area contributed by atoms with E-state index in [-0.39, 0.29) is 17.0 Å². The van der Waals surface area contributed by atoms with Crippen LogP contribution in [0, 0.1) is 0 Å². The monoisotopic (exact) mass is 290 g/mol. The van der Waals surface area contributed by atoms with E-state index in [0.29, 0.717) is 4.90 Å². The summed E-state index contributed by atoms with van der Waals surface area (Å²) in [7, 11) is 1.33. The summed E-state index contributed by atoms with van der Waals surface area (Å²) in [4.78, 5) is 13.0. The van der Waals surface area contributed by atoms with E-state index in [2.05, 4.69) is 0 Å². The van der Waals surface area contributed by atoms with Crippen molar-refractivity contribution in [1.82, 2.24) is 4.90 Å². The minimum Gasteiger partial charge on any atom is -0.496 e. The van der Waals surface area contributed by atoms with Crippen molar-refractivity contribution in [2.24, 2.45) is 0 Å². The van der Waals surface area contributed by atoms with Crippen LogP contribution in [0.2, 0.25) is 0 Å². The molecule has 1 rings (SSSR count). The van der Waals surface area contributed by atoms with E-state index in [1.54, 1.807) is 6.07 Å². The second kappa shape index (κ2) is 6.02. The van der Waals surface area contributed by atoms with Crippen LogP contribution >= 0.6 is 0 Å². The molecular weight excluding hydrogens is 273 g/mol. The van der Waals surface area contributed by atoms with Crippen LogP contribution < -0.4 is 10.5 Å². The number of benzene rings is 1. The summed E-state index contributed by atoms with van der Waals surface area (Å²) in [5.41, 5.74) is 5.73. The summed E-state index contributed by atoms with van der Waals surface area (Å²) in [5.74, 6) is -0.643. The number of carbonyl (C=O) groups is 1. The lowest BCUT2D eigenvalue weighted by atomic mass is 10.1. The number of nitrogens with two attached hydrogens (primary N) is 1. The average Bonchev–Trinajstić information content (AvgIpc) is 2.33. The highest BCUT2D eigenvalue weighted by molar-refractivity contribution is 6.02. The summed E-state index contributed by atoms with van der Waals surface area (Å²) in [6, 6.07) is 3.87. The van der Waals surface area contributed by atoms with Crippen LogP contribution in [-0.2, 0) is 0 Å². The second-order valence-corrected chi connectivity index (χ2v) is 4.57. The largest absolute Gasteiger partial charge is 0.496 e. The smallest absolute Gasteiger partial charge is 0.406 e. The molecule has 0 heterocycles. The number of halogens is 3. The molecule has 20 heavy (non-hydrogen) atoms. The number of alkyl halides is 3. The predicted octanol–water partition coefficient (Wildman–Crippen LogP) is 2.69. The van der Waals surface area contributed by atoms with E-state index in [4.69, 9.17) is 10.5 Å². The lowest BCUT2D eigenvalue weighted by Crippen LogP contribution is -2.43. The van der Waals surface area contributed by atoms with Gasteiger partial charge in [-0.2, -0.15) is 13.2 Å². The van der Waals surface area contributed by atoms with Gasteiger partial charge in [-0.1, -0.05) is 6.07 Å². The van der Waals surface area contributed by atoms with E-state index in [9.17, 15) is 18.0 Å². The Balaban J connectivity index is 3.20. The fraction of sp³-hybridized carbons (Fsp3) is 0.462. The molecule has 2 N–H and O–H groups in total. The third-order valence-corrected chi connectivity index (χ3v) is 2.73. The highest BCUT2D eigenvalue weighted by Gasteiger charge is 2.35. The molecule has 0 aliphatic carbocycles. The molecule has 0 spiro atoms. The lowest BCUT2D eigenvalue weighted by molar-refractivity contribution is -0.143. The van der Waals surface area contributed by atoms with Crippen LogP contribution in [0.1, 0.15) is 24.2 Å². The molecule has 0 saturated heterocycles. The van der Waals surface area contributed by atoms with Gasteiger partial charge in [-0.3, -0.25) is 4.79 Å². The molecule has 0 bridgehead atoms. The number of anilines is 1. The number of rotatable bonds is 4. The SMILES string of the molecule is COc1cccc(N)c1C(=O)N(CC(F)(F)F)C(C)C. The van der Waals surface area contributed by atoms with Gasteiger partial charge in [0.2, 0.25) is 0 Å². The summed E-state index contributed by atoms with van der Waals surface area (Å²) in [6.45, 7) is 1.69. The first kappa shape index (κ1) is 16.1. The van der Waals surface area contributed by atoms with E-state index in [1.165, 1.54) is 33.1 Å². The van der Waals surface area contributed by atoms with Crippen molar-refractivity contribution in [3.05, 3.63) is 23.8 Å². The van der Waals surface area contributed by atoms with Crippen LogP contribution in [0.4, 0.5) is 18.9 Å². The summed E-state index contributed by atoms with van der Waals surface area (Å²) < 4.78 is 42.7. The normalized spacial score (nSPS) is 11.6. The molecule has 0 unspecified atom stereocenters. The zero-order valence-electron chi connectivity index (χ0n) is 11.5. The Morgan fingerprint density at radius 2 is 2.00 bits per heavy atom. The Hall–Kier alpha value is -1.92. The molecule has 0 aliphatic heterocycles. The number of amides is 1. The van der Waals surface area contributed by atoms with Gasteiger partial charge in [-0.15, -0.1) is 0 Å². The molecule has 0 radical (unpaired) electrons. The third-order valence-electron chi connectivity index (χ3n) is 2.73. The summed E-state index contributed by atoms with van der Waals surface area (Å²) in [5, 5.41) is 0. The Bertz CT molecular complexity index is 487. The molecule has 1 aromatic rings. The molecule has 1 aromatic carbocycles. The predicted molar refractivity (Wildman–Crippen MR) is 69.6 cm³/mol. The fourth-order valence-corrected chi connectivity index (χ4v) is 1.77. The van der Waals surface area contributed by atoms with Crippen molar-refractivity contribution < 1.29 is 22.7 Å². The Morgan fingerprint density at radius 1 is 1.40 bits per heavy atom. The van der Waals surface area contributed by atoms with Crippen molar-refractivity contribution in [1.29, 1.82) is 0 Å². The van der Waals surface area contributed by atoms with Gasteiger partial charge in [0, 0.05) is 11.7 Å². The van der Waals surface area contributed by atoms with Gasteiger partial charge < -0.3 is 15.4 Å². The van der Waals surface area contributed by atoms with Crippen molar-refractivity contribution in [2.75, 3.05) is 19.4 Å². The topological polar surface area (TPSA) is 55.6 Å². The van der Waals surface area contributed by atoms with Crippen LogP contribution in [0.3, 0.4) is 0 Å². The Labute approximate surface area is 115 Å². The minimum atomic E-state index is -4.48. The zero-order chi connectivity index (χ0) is 15.5. The molecular formula is C13H17F3N2O2. The first-order valence-electron chi connectivity index (χ1n) is 5.97. The third kappa shape index (κ3) is 3.79. The van der Waals surface area contributed by atoms with Crippen molar-refractivity contribution >= 4 is 11.6 Å². The first-order chi connectivity index (χ1) is 9.17. The number of hydrogen-bond donors (Lipinski definition) is 1. The fourth-order valence-electron chi connectivity index (χ4n) is 1.77. The quantitative estimate of drug-likeness (QED) is 0.867. The Morgan fingerprint density at radius 3 is 2.45 bits per heavy atom. The zero-order valence-corrected chi connectivity index (χ0v) is 11.5. The maximum atomic E-state index is 12.6. The van der Waals surface area contributed by atoms with Crippen molar-refractivity contribution in [3.63, 3.8) is 0 Å². The number of carbonyl (C=O) groups excluding carboxylic acids is 1. The number of methoxy groups -OCH3 is 1. The number of hydrogen-bond acceptors (Lipinski definition) is 3. The van der Waals surface area contributed by atoms with E-state index < -0.39 is 24.7 Å². The molecule has 7 heteroatoms. The van der Waals surface area contributed by atoms with E-state index in [0.717, 1.165) is 0 Å². The van der Waals surface area contributed by atoms with E-state index >= 15 is 0 Å². The number of nitrogens with zero attached hydrogens (tertiary/aromatic N) is 1. The highest BCUT2D eigenvalue weighted by Crippen LogP contribution is 2.28. The molecule has 0 atom stereocenters. The average molecular weight is 290 g/mol. The van der Waals surface area contributed by atoms with Crippen LogP contribution in [0.5, 0.6) is 5.75 Å². The van der Waals surface area contributed by atoms with Gasteiger partial charge in [0.25, 0.3) is 5.91 Å². The molecule has 0 aromatic heterocycles. The number of ether oxygens (including phenoxy) is 1. The lowest BCUT2D eigenvalue weighted by Gasteiger charge is -2.28. The highest BCUT2D eigenvalue weighted by atomic mass is 19.4. The standard InChI is InChI=1S/C13H17F3N2O2/c1-8(2)18(7-13(14,15)16)12(19)11-9(17)5-4-6-10(11)20-3/h4-6,8H,7,17H2,1-3H3. The molecule has 0 aliphatic rings. The van der Waals surface area contributed by atoms with Crippen LogP contribution in [0.15, 0.2) is 18.2 Å². The van der Waals surface area contributed by atoms with Gasteiger partial charge in [-0.05, 0) is 26.0 Å². The van der Waals surface area contributed by atoms with E-state index in [1.807, 2.05) is 0 Å². The Kier molecular flexibility index (Phi) is 4.86. The van der Waals surface area contributed by atoms with Crippen molar-refractivity contribution in [3.8, 4) is 5.75 Å². The van der Waals surface area contributed by atoms with Crippen molar-refractivity contribution in [2.45, 2.75) is 26.1 Å². The maximum Gasteiger partial charge on any atom is 0.406 e. The first-order valence-corrected chi connectivity index (χ1v) is 5.97.